The summed E-state index contributed by atoms with van der Waals surface area (Å²) in [5.74, 6) is -0.755. The van der Waals surface area contributed by atoms with Crippen LogP contribution in [0.1, 0.15) is 45.1 Å². The van der Waals surface area contributed by atoms with Crippen molar-refractivity contribution in [2.75, 3.05) is 0 Å². The van der Waals surface area contributed by atoms with Crippen LogP contribution in [0, 0.1) is 17.0 Å². The maximum absolute atomic E-state index is 13.7. The van der Waals surface area contributed by atoms with Crippen LogP contribution < -0.4 is 5.73 Å². The summed E-state index contributed by atoms with van der Waals surface area (Å²) < 4.78 is 26.8. The molecule has 1 aliphatic carbocycles. The summed E-state index contributed by atoms with van der Waals surface area (Å²) in [5, 5.41) is 0. The lowest BCUT2D eigenvalue weighted by Gasteiger charge is -2.42. The fraction of sp³-hybridized carbons (Fsp3) is 0.600. The summed E-state index contributed by atoms with van der Waals surface area (Å²) in [4.78, 5) is 0. The molecule has 1 aliphatic rings. The van der Waals surface area contributed by atoms with Crippen LogP contribution in [0.2, 0.25) is 0 Å². The second kappa shape index (κ2) is 4.61. The lowest BCUT2D eigenvalue weighted by atomic mass is 9.66. The first kappa shape index (κ1) is 13.5. The highest BCUT2D eigenvalue weighted by molar-refractivity contribution is 5.21. The van der Waals surface area contributed by atoms with Gasteiger partial charge in [0.15, 0.2) is 0 Å². The van der Waals surface area contributed by atoms with Gasteiger partial charge in [0.1, 0.15) is 11.6 Å². The Hall–Kier alpha value is -0.960. The molecule has 1 saturated carbocycles. The first-order chi connectivity index (χ1) is 8.30. The number of halogens is 2. The maximum atomic E-state index is 13.7. The molecular formula is C15H21F2N. The van der Waals surface area contributed by atoms with E-state index >= 15 is 0 Å². The zero-order chi connectivity index (χ0) is 13.4. The lowest BCUT2D eigenvalue weighted by molar-refractivity contribution is 0.150. The van der Waals surface area contributed by atoms with E-state index < -0.39 is 11.4 Å². The highest BCUT2D eigenvalue weighted by Gasteiger charge is 2.37. The zero-order valence-electron chi connectivity index (χ0n) is 11.1. The summed E-state index contributed by atoms with van der Waals surface area (Å²) in [7, 11) is 0. The van der Waals surface area contributed by atoms with E-state index in [1.165, 1.54) is 12.1 Å². The third-order valence-electron chi connectivity index (χ3n) is 3.91. The van der Waals surface area contributed by atoms with Gasteiger partial charge in [-0.15, -0.1) is 0 Å². The van der Waals surface area contributed by atoms with Crippen molar-refractivity contribution < 1.29 is 8.78 Å². The van der Waals surface area contributed by atoms with E-state index in [2.05, 4.69) is 13.8 Å². The smallest absolute Gasteiger partial charge is 0.126 e. The van der Waals surface area contributed by atoms with Crippen LogP contribution in [0.25, 0.3) is 0 Å². The molecule has 0 bridgehead atoms. The van der Waals surface area contributed by atoms with Gasteiger partial charge in [-0.1, -0.05) is 20.3 Å². The predicted molar refractivity (Wildman–Crippen MR) is 69.2 cm³/mol. The Kier molecular flexibility index (Phi) is 3.45. The molecule has 18 heavy (non-hydrogen) atoms. The molecule has 3 heteroatoms. The molecule has 0 saturated heterocycles. The number of hydrogen-bond acceptors (Lipinski definition) is 1. The van der Waals surface area contributed by atoms with E-state index in [1.807, 2.05) is 0 Å². The van der Waals surface area contributed by atoms with Crippen molar-refractivity contribution in [1.29, 1.82) is 0 Å². The van der Waals surface area contributed by atoms with Crippen molar-refractivity contribution in [2.24, 2.45) is 11.1 Å². The Labute approximate surface area is 107 Å². The van der Waals surface area contributed by atoms with E-state index in [0.717, 1.165) is 31.7 Å². The van der Waals surface area contributed by atoms with Gasteiger partial charge in [0.25, 0.3) is 0 Å². The van der Waals surface area contributed by atoms with Crippen molar-refractivity contribution in [3.8, 4) is 0 Å². The zero-order valence-corrected chi connectivity index (χ0v) is 11.1. The maximum Gasteiger partial charge on any atom is 0.126 e. The van der Waals surface area contributed by atoms with Gasteiger partial charge < -0.3 is 5.73 Å². The molecule has 0 spiro atoms. The standard InChI is InChI=1S/C15H21F2N/c1-14(2)6-3-7-15(18,10-14)9-11-8-12(16)4-5-13(11)17/h4-5,8H,3,6-7,9-10,18H2,1-2H3. The highest BCUT2D eigenvalue weighted by atomic mass is 19.1. The van der Waals surface area contributed by atoms with Crippen molar-refractivity contribution in [1.82, 2.24) is 0 Å². The largest absolute Gasteiger partial charge is 0.325 e. The van der Waals surface area contributed by atoms with E-state index in [0.29, 0.717) is 12.0 Å². The fourth-order valence-electron chi connectivity index (χ4n) is 3.26. The quantitative estimate of drug-likeness (QED) is 0.852. The highest BCUT2D eigenvalue weighted by Crippen LogP contribution is 2.41. The second-order valence-corrected chi connectivity index (χ2v) is 6.47. The van der Waals surface area contributed by atoms with Gasteiger partial charge in [0.2, 0.25) is 0 Å². The summed E-state index contributed by atoms with van der Waals surface area (Å²) in [6.07, 6.45) is 4.36. The SMILES string of the molecule is CC1(C)CCCC(N)(Cc2cc(F)ccc2F)C1. The third-order valence-corrected chi connectivity index (χ3v) is 3.91. The Morgan fingerprint density at radius 2 is 1.94 bits per heavy atom. The molecular weight excluding hydrogens is 232 g/mol. The summed E-state index contributed by atoms with van der Waals surface area (Å²) in [6.45, 7) is 4.38. The van der Waals surface area contributed by atoms with Crippen LogP contribution in [-0.4, -0.2) is 5.54 Å². The molecule has 0 amide bonds. The van der Waals surface area contributed by atoms with Crippen LogP contribution in [0.4, 0.5) is 8.78 Å². The molecule has 0 aliphatic heterocycles. The number of rotatable bonds is 2. The lowest BCUT2D eigenvalue weighted by Crippen LogP contribution is -2.48. The molecule has 1 atom stereocenters. The summed E-state index contributed by atoms with van der Waals surface area (Å²) in [5.41, 5.74) is 6.58. The fourth-order valence-corrected chi connectivity index (χ4v) is 3.26. The Bertz CT molecular complexity index is 442. The number of benzene rings is 1. The van der Waals surface area contributed by atoms with Gasteiger partial charge >= 0.3 is 0 Å². The molecule has 1 fully saturated rings. The topological polar surface area (TPSA) is 26.0 Å². The summed E-state index contributed by atoms with van der Waals surface area (Å²) >= 11 is 0. The van der Waals surface area contributed by atoms with Crippen LogP contribution in [-0.2, 0) is 6.42 Å². The summed E-state index contributed by atoms with van der Waals surface area (Å²) in [6, 6.07) is 3.60. The number of nitrogens with two attached hydrogens (primary N) is 1. The van der Waals surface area contributed by atoms with Crippen LogP contribution >= 0.6 is 0 Å². The molecule has 2 rings (SSSR count). The van der Waals surface area contributed by atoms with Crippen molar-refractivity contribution in [3.63, 3.8) is 0 Å². The normalized spacial score (nSPS) is 27.2. The van der Waals surface area contributed by atoms with E-state index in [9.17, 15) is 8.78 Å². The molecule has 1 nitrogen and oxygen atoms in total. The van der Waals surface area contributed by atoms with Gasteiger partial charge in [0, 0.05) is 5.54 Å². The first-order valence-corrected chi connectivity index (χ1v) is 6.53. The number of hydrogen-bond donors (Lipinski definition) is 1. The third kappa shape index (κ3) is 3.08. The average molecular weight is 253 g/mol. The second-order valence-electron chi connectivity index (χ2n) is 6.47. The first-order valence-electron chi connectivity index (χ1n) is 6.53. The van der Waals surface area contributed by atoms with Crippen molar-refractivity contribution in [3.05, 3.63) is 35.4 Å². The van der Waals surface area contributed by atoms with E-state index in [4.69, 9.17) is 5.73 Å². The minimum Gasteiger partial charge on any atom is -0.325 e. The minimum absolute atomic E-state index is 0.191. The van der Waals surface area contributed by atoms with Crippen LogP contribution in [0.3, 0.4) is 0 Å². The average Bonchev–Trinajstić information content (AvgIpc) is 2.21. The van der Waals surface area contributed by atoms with E-state index in [1.54, 1.807) is 0 Å². The Balaban J connectivity index is 2.19. The molecule has 100 valence electrons. The van der Waals surface area contributed by atoms with Gasteiger partial charge in [-0.2, -0.15) is 0 Å². The van der Waals surface area contributed by atoms with Gasteiger partial charge in [-0.3, -0.25) is 0 Å². The Morgan fingerprint density at radius 1 is 1.22 bits per heavy atom. The van der Waals surface area contributed by atoms with Crippen LogP contribution in [0.5, 0.6) is 0 Å². The molecule has 0 aromatic heterocycles. The van der Waals surface area contributed by atoms with E-state index in [-0.39, 0.29) is 11.2 Å². The molecule has 1 unspecified atom stereocenters. The minimum atomic E-state index is -0.406. The van der Waals surface area contributed by atoms with Crippen molar-refractivity contribution in [2.45, 2.75) is 51.5 Å². The molecule has 0 radical (unpaired) electrons. The molecule has 1 aromatic carbocycles. The van der Waals surface area contributed by atoms with Crippen molar-refractivity contribution >= 4 is 0 Å². The Morgan fingerprint density at radius 3 is 2.61 bits per heavy atom. The molecule has 1 aromatic rings. The van der Waals surface area contributed by atoms with Gasteiger partial charge in [-0.05, 0) is 54.9 Å². The van der Waals surface area contributed by atoms with Gasteiger partial charge in [-0.25, -0.2) is 8.78 Å². The monoisotopic (exact) mass is 253 g/mol. The van der Waals surface area contributed by atoms with Gasteiger partial charge in [0.05, 0.1) is 0 Å². The molecule has 2 N–H and O–H groups in total. The predicted octanol–water partition coefficient (Wildman–Crippen LogP) is 3.81. The molecule has 0 heterocycles. The van der Waals surface area contributed by atoms with Crippen LogP contribution in [0.15, 0.2) is 18.2 Å².